The molecule has 0 spiro atoms. The Morgan fingerprint density at radius 1 is 1.50 bits per heavy atom. The van der Waals surface area contributed by atoms with E-state index in [4.69, 9.17) is 13.3 Å². The predicted octanol–water partition coefficient (Wildman–Crippen LogP) is -0.830. The number of rotatable bonds is 4. The van der Waals surface area contributed by atoms with E-state index >= 15 is 0 Å². The minimum atomic E-state index is -0.160. The third-order valence-corrected chi connectivity index (χ3v) is 1.35. The fourth-order valence-electron chi connectivity index (χ4n) is 0.368. The number of hydrogen-bond donors (Lipinski definition) is 0. The average molecular weight is 134 g/mol. The van der Waals surface area contributed by atoms with Crippen molar-refractivity contribution < 1.29 is 13.3 Å². The summed E-state index contributed by atoms with van der Waals surface area (Å²) in [5.41, 5.74) is 0. The molecular formula is C4H11AlO3. The molecule has 1 atom stereocenters. The molecule has 4 heteroatoms. The summed E-state index contributed by atoms with van der Waals surface area (Å²) in [5.74, 6) is 0. The van der Waals surface area contributed by atoms with Gasteiger partial charge < -0.3 is 13.3 Å². The molecule has 0 aromatic carbocycles. The van der Waals surface area contributed by atoms with Crippen LogP contribution in [0, 0.1) is 0 Å². The molecule has 0 aliphatic rings. The Morgan fingerprint density at radius 3 is 2.25 bits per heavy atom. The van der Waals surface area contributed by atoms with Crippen molar-refractivity contribution in [3.8, 4) is 0 Å². The standard InChI is InChI=1S/C4H9O3.Al.2H/c1-6-3-4(5)7-2;;;/h4H,3H2,1-2H3;;;/q-1;+1;;. The van der Waals surface area contributed by atoms with Crippen LogP contribution in [0.2, 0.25) is 0 Å². The van der Waals surface area contributed by atoms with Gasteiger partial charge >= 0.3 is 16.6 Å². The van der Waals surface area contributed by atoms with Gasteiger partial charge in [-0.3, -0.25) is 0 Å². The van der Waals surface area contributed by atoms with Gasteiger partial charge in [-0.25, -0.2) is 0 Å². The highest BCUT2D eigenvalue weighted by atomic mass is 27.1. The zero-order valence-electron chi connectivity index (χ0n) is 5.51. The molecule has 3 nitrogen and oxygen atoms in total. The van der Waals surface area contributed by atoms with Crippen molar-refractivity contribution in [1.82, 2.24) is 0 Å². The molecule has 1 unspecified atom stereocenters. The minimum Gasteiger partial charge on any atom is -0.483 e. The van der Waals surface area contributed by atoms with Gasteiger partial charge in [0.15, 0.2) is 6.29 Å². The summed E-state index contributed by atoms with van der Waals surface area (Å²) in [4.78, 5) is 0. The molecule has 0 N–H and O–H groups in total. The summed E-state index contributed by atoms with van der Waals surface area (Å²) in [6.45, 7) is 0.514. The first-order chi connectivity index (χ1) is 3.85. The molecule has 0 rings (SSSR count). The van der Waals surface area contributed by atoms with E-state index in [1.807, 2.05) is 0 Å². The summed E-state index contributed by atoms with van der Waals surface area (Å²) in [7, 11) is 3.22. The van der Waals surface area contributed by atoms with Gasteiger partial charge in [-0.1, -0.05) is 0 Å². The first kappa shape index (κ1) is 8.41. The van der Waals surface area contributed by atoms with Crippen LogP contribution in [0.5, 0.6) is 0 Å². The van der Waals surface area contributed by atoms with Crippen molar-refractivity contribution in [2.24, 2.45) is 0 Å². The van der Waals surface area contributed by atoms with Gasteiger partial charge in [0.2, 0.25) is 0 Å². The van der Waals surface area contributed by atoms with E-state index in [0.717, 1.165) is 0 Å². The van der Waals surface area contributed by atoms with Crippen LogP contribution >= 0.6 is 0 Å². The molecule has 0 aromatic rings. The normalized spacial score (nSPS) is 13.8. The maximum atomic E-state index is 4.93. The lowest BCUT2D eigenvalue weighted by molar-refractivity contribution is -0.0899. The SMILES string of the molecule is COCC(OC)[O][AlH2]. The average Bonchev–Trinajstić information content (AvgIpc) is 1.83. The van der Waals surface area contributed by atoms with Crippen LogP contribution in [0.1, 0.15) is 0 Å². The lowest BCUT2D eigenvalue weighted by atomic mass is 10.7. The summed E-state index contributed by atoms with van der Waals surface area (Å²) in [6, 6.07) is 0. The minimum absolute atomic E-state index is 0.160. The van der Waals surface area contributed by atoms with Crippen LogP contribution in [-0.4, -0.2) is 43.7 Å². The molecule has 0 fully saturated rings. The van der Waals surface area contributed by atoms with Crippen LogP contribution in [-0.2, 0) is 13.3 Å². The quantitative estimate of drug-likeness (QED) is 0.371. The number of ether oxygens (including phenoxy) is 2. The lowest BCUT2D eigenvalue weighted by Gasteiger charge is -2.12. The molecule has 8 heavy (non-hydrogen) atoms. The van der Waals surface area contributed by atoms with Gasteiger partial charge in [0.25, 0.3) is 0 Å². The zero-order valence-corrected chi connectivity index (χ0v) is 7.51. The molecule has 0 aromatic heterocycles. The Kier molecular flexibility index (Phi) is 5.83. The molecule has 0 amide bonds. The molecule has 0 aliphatic heterocycles. The topological polar surface area (TPSA) is 27.7 Å². The second-order valence-corrected chi connectivity index (χ2v) is 1.83. The van der Waals surface area contributed by atoms with Crippen molar-refractivity contribution in [3.05, 3.63) is 0 Å². The van der Waals surface area contributed by atoms with Gasteiger partial charge in [-0.15, -0.1) is 0 Å². The first-order valence-electron chi connectivity index (χ1n) is 2.39. The van der Waals surface area contributed by atoms with Crippen molar-refractivity contribution in [2.75, 3.05) is 20.8 Å². The van der Waals surface area contributed by atoms with Crippen LogP contribution in [0.3, 0.4) is 0 Å². The molecule has 0 bridgehead atoms. The Labute approximate surface area is 57.7 Å². The van der Waals surface area contributed by atoms with Crippen LogP contribution in [0.4, 0.5) is 0 Å². The molecule has 0 saturated carbocycles. The van der Waals surface area contributed by atoms with E-state index in [2.05, 4.69) is 0 Å². The Balaban J connectivity index is 3.07. The molecule has 48 valence electrons. The largest absolute Gasteiger partial charge is 0.483 e. The van der Waals surface area contributed by atoms with Gasteiger partial charge in [0.05, 0.1) is 6.61 Å². The third-order valence-electron chi connectivity index (χ3n) is 0.829. The fraction of sp³-hybridized carbons (Fsp3) is 1.00. The van der Waals surface area contributed by atoms with Gasteiger partial charge in [-0.05, 0) is 0 Å². The van der Waals surface area contributed by atoms with Crippen molar-refractivity contribution in [3.63, 3.8) is 0 Å². The Bertz CT molecular complexity index is 46.5. The summed E-state index contributed by atoms with van der Waals surface area (Å²) < 4.78 is 14.5. The Morgan fingerprint density at radius 2 is 2.12 bits per heavy atom. The van der Waals surface area contributed by atoms with E-state index in [1.54, 1.807) is 14.2 Å². The highest BCUT2D eigenvalue weighted by Gasteiger charge is 1.99. The van der Waals surface area contributed by atoms with E-state index in [-0.39, 0.29) is 6.29 Å². The molecule has 0 saturated heterocycles. The van der Waals surface area contributed by atoms with Crippen molar-refractivity contribution in [1.29, 1.82) is 0 Å². The Hall–Kier alpha value is 0.412. The van der Waals surface area contributed by atoms with Crippen LogP contribution < -0.4 is 0 Å². The van der Waals surface area contributed by atoms with Gasteiger partial charge in [0, 0.05) is 14.2 Å². The summed E-state index contributed by atoms with van der Waals surface area (Å²) in [5, 5.41) is 0. The third kappa shape index (κ3) is 3.42. The van der Waals surface area contributed by atoms with Crippen molar-refractivity contribution in [2.45, 2.75) is 6.29 Å². The summed E-state index contributed by atoms with van der Waals surface area (Å²) in [6.07, 6.45) is -0.160. The fourth-order valence-corrected chi connectivity index (χ4v) is 0.697. The highest BCUT2D eigenvalue weighted by Crippen LogP contribution is 1.87. The van der Waals surface area contributed by atoms with Crippen molar-refractivity contribution >= 4 is 16.6 Å². The van der Waals surface area contributed by atoms with Gasteiger partial charge in [0.1, 0.15) is 0 Å². The molecular weight excluding hydrogens is 123 g/mol. The van der Waals surface area contributed by atoms with E-state index in [9.17, 15) is 0 Å². The van der Waals surface area contributed by atoms with E-state index in [0.29, 0.717) is 23.2 Å². The van der Waals surface area contributed by atoms with Crippen LogP contribution in [0.25, 0.3) is 0 Å². The number of hydrogen-bond acceptors (Lipinski definition) is 3. The zero-order chi connectivity index (χ0) is 6.41. The van der Waals surface area contributed by atoms with Gasteiger partial charge in [-0.2, -0.15) is 0 Å². The molecule has 0 aliphatic carbocycles. The maximum Gasteiger partial charge on any atom is 0.413 e. The monoisotopic (exact) mass is 134 g/mol. The second-order valence-electron chi connectivity index (χ2n) is 1.36. The lowest BCUT2D eigenvalue weighted by Crippen LogP contribution is -2.19. The van der Waals surface area contributed by atoms with E-state index in [1.165, 1.54) is 0 Å². The van der Waals surface area contributed by atoms with E-state index < -0.39 is 0 Å². The highest BCUT2D eigenvalue weighted by molar-refractivity contribution is 5.98. The second kappa shape index (κ2) is 5.55. The smallest absolute Gasteiger partial charge is 0.413 e. The van der Waals surface area contributed by atoms with Crippen LogP contribution in [0.15, 0.2) is 0 Å². The predicted molar refractivity (Wildman–Crippen MR) is 32.3 cm³/mol. The molecule has 0 radical (unpaired) electrons. The summed E-state index contributed by atoms with van der Waals surface area (Å²) >= 11 is 0.691. The number of methoxy groups -OCH3 is 2. The molecule has 0 heterocycles. The first-order valence-corrected chi connectivity index (χ1v) is 3.21. The maximum absolute atomic E-state index is 4.93.